The van der Waals surface area contributed by atoms with Gasteiger partial charge < -0.3 is 23.4 Å². The summed E-state index contributed by atoms with van der Waals surface area (Å²) in [6.45, 7) is 1.63. The van der Waals surface area contributed by atoms with Gasteiger partial charge in [0.25, 0.3) is 0 Å². The molecule has 0 amide bonds. The lowest BCUT2D eigenvalue weighted by molar-refractivity contribution is 0.368. The number of nitrogens with zero attached hydrogens (tertiary/aromatic N) is 2. The average molecular weight is 521 g/mol. The first-order valence-electron chi connectivity index (χ1n) is 12.8. The fourth-order valence-electron chi connectivity index (χ4n) is 5.29. The van der Waals surface area contributed by atoms with Crippen molar-refractivity contribution in [3.05, 3.63) is 105 Å². The molecule has 0 fully saturated rings. The molecule has 0 atom stereocenters. The van der Waals surface area contributed by atoms with Crippen LogP contribution in [0.2, 0.25) is 0 Å². The minimum absolute atomic E-state index is 0.193. The van der Waals surface area contributed by atoms with Crippen LogP contribution < -0.4 is 20.3 Å². The first-order chi connectivity index (χ1) is 19.0. The SMILES string of the molecule is COc1cc(OC)c2c(=O)cc(-c3cn(-c4ccccc4)c4ccccc4c3=O)oc2c1C1=CCN(C)CC1. The number of fused-ring (bicyclic) bond motifs is 2. The summed E-state index contributed by atoms with van der Waals surface area (Å²) in [5.41, 5.74) is 3.53. The van der Waals surface area contributed by atoms with Gasteiger partial charge >= 0.3 is 0 Å². The molecule has 5 aromatic rings. The number of para-hydroxylation sites is 2. The summed E-state index contributed by atoms with van der Waals surface area (Å²) in [5.74, 6) is 1.10. The smallest absolute Gasteiger partial charge is 0.200 e. The minimum atomic E-state index is -0.292. The van der Waals surface area contributed by atoms with E-state index in [9.17, 15) is 9.59 Å². The highest BCUT2D eigenvalue weighted by atomic mass is 16.5. The Morgan fingerprint density at radius 2 is 1.64 bits per heavy atom. The van der Waals surface area contributed by atoms with Crippen molar-refractivity contribution in [2.75, 3.05) is 34.4 Å². The van der Waals surface area contributed by atoms with E-state index in [-0.39, 0.29) is 16.6 Å². The van der Waals surface area contributed by atoms with Crippen LogP contribution in [0.15, 0.2) is 93.0 Å². The second-order valence-electron chi connectivity index (χ2n) is 9.67. The van der Waals surface area contributed by atoms with Crippen molar-refractivity contribution in [1.29, 1.82) is 0 Å². The summed E-state index contributed by atoms with van der Waals surface area (Å²) in [4.78, 5) is 29.7. The first-order valence-corrected chi connectivity index (χ1v) is 12.8. The Labute approximate surface area is 225 Å². The number of methoxy groups -OCH3 is 2. The zero-order valence-corrected chi connectivity index (χ0v) is 22.1. The van der Waals surface area contributed by atoms with Crippen LogP contribution in [0, 0.1) is 0 Å². The molecule has 1 aliphatic rings. The predicted molar refractivity (Wildman–Crippen MR) is 154 cm³/mol. The van der Waals surface area contributed by atoms with Crippen molar-refractivity contribution in [3.63, 3.8) is 0 Å². The zero-order valence-electron chi connectivity index (χ0n) is 22.1. The predicted octanol–water partition coefficient (Wildman–Crippen LogP) is 5.50. The molecule has 1 aliphatic heterocycles. The number of benzene rings is 3. The van der Waals surface area contributed by atoms with Gasteiger partial charge in [0.1, 0.15) is 22.6 Å². The van der Waals surface area contributed by atoms with Crippen molar-refractivity contribution in [2.24, 2.45) is 0 Å². The third kappa shape index (κ3) is 4.21. The van der Waals surface area contributed by atoms with Crippen LogP contribution in [0.3, 0.4) is 0 Å². The second kappa shape index (κ2) is 9.93. The lowest BCUT2D eigenvalue weighted by atomic mass is 9.95. The molecule has 0 unspecified atom stereocenters. The zero-order chi connectivity index (χ0) is 27.1. The molecule has 3 heterocycles. The molecule has 3 aromatic carbocycles. The number of hydrogen-bond acceptors (Lipinski definition) is 6. The molecule has 0 aliphatic carbocycles. The van der Waals surface area contributed by atoms with E-state index >= 15 is 0 Å². The largest absolute Gasteiger partial charge is 0.496 e. The average Bonchev–Trinajstić information content (AvgIpc) is 2.97. The Balaban J connectivity index is 1.69. The van der Waals surface area contributed by atoms with Crippen molar-refractivity contribution >= 4 is 27.4 Å². The van der Waals surface area contributed by atoms with Crippen LogP contribution in [0.4, 0.5) is 0 Å². The molecule has 39 heavy (non-hydrogen) atoms. The summed E-state index contributed by atoms with van der Waals surface area (Å²) in [5, 5.41) is 0.851. The van der Waals surface area contributed by atoms with Crippen LogP contribution in [0.1, 0.15) is 12.0 Å². The Hall–Kier alpha value is -4.62. The summed E-state index contributed by atoms with van der Waals surface area (Å²) in [6.07, 6.45) is 4.63. The molecule has 7 nitrogen and oxygen atoms in total. The third-order valence-electron chi connectivity index (χ3n) is 7.31. The van der Waals surface area contributed by atoms with Crippen LogP contribution in [-0.4, -0.2) is 43.8 Å². The molecule has 6 rings (SSSR count). The maximum absolute atomic E-state index is 13.8. The Kier molecular flexibility index (Phi) is 6.29. The van der Waals surface area contributed by atoms with E-state index in [1.807, 2.05) is 53.1 Å². The van der Waals surface area contributed by atoms with Crippen LogP contribution in [-0.2, 0) is 0 Å². The lowest BCUT2D eigenvalue weighted by Crippen LogP contribution is -2.24. The number of aromatic nitrogens is 1. The van der Waals surface area contributed by atoms with Gasteiger partial charge in [0.2, 0.25) is 0 Å². The van der Waals surface area contributed by atoms with Gasteiger partial charge in [-0.2, -0.15) is 0 Å². The summed E-state index contributed by atoms with van der Waals surface area (Å²) >= 11 is 0. The van der Waals surface area contributed by atoms with E-state index in [0.717, 1.165) is 36.3 Å². The first kappa shape index (κ1) is 24.7. The summed E-state index contributed by atoms with van der Waals surface area (Å²) in [7, 11) is 5.16. The van der Waals surface area contributed by atoms with E-state index < -0.39 is 0 Å². The van der Waals surface area contributed by atoms with Gasteiger partial charge in [-0.1, -0.05) is 36.4 Å². The third-order valence-corrected chi connectivity index (χ3v) is 7.31. The van der Waals surface area contributed by atoms with E-state index in [1.165, 1.54) is 13.2 Å². The van der Waals surface area contributed by atoms with E-state index in [0.29, 0.717) is 39.0 Å². The second-order valence-corrected chi connectivity index (χ2v) is 9.67. The van der Waals surface area contributed by atoms with E-state index in [4.69, 9.17) is 13.9 Å². The monoisotopic (exact) mass is 520 g/mol. The van der Waals surface area contributed by atoms with Gasteiger partial charge in [0, 0.05) is 42.5 Å². The molecule has 0 N–H and O–H groups in total. The van der Waals surface area contributed by atoms with Crippen molar-refractivity contribution in [3.8, 4) is 28.5 Å². The molecule has 0 bridgehead atoms. The molecule has 7 heteroatoms. The van der Waals surface area contributed by atoms with Crippen molar-refractivity contribution in [2.45, 2.75) is 6.42 Å². The molecule has 0 saturated heterocycles. The van der Waals surface area contributed by atoms with Crippen molar-refractivity contribution < 1.29 is 13.9 Å². The lowest BCUT2D eigenvalue weighted by Gasteiger charge is -2.24. The fourth-order valence-corrected chi connectivity index (χ4v) is 5.29. The van der Waals surface area contributed by atoms with Gasteiger partial charge in [-0.05, 0) is 43.3 Å². The van der Waals surface area contributed by atoms with Gasteiger partial charge in [0.15, 0.2) is 16.4 Å². The van der Waals surface area contributed by atoms with Crippen LogP contribution in [0.5, 0.6) is 11.5 Å². The highest BCUT2D eigenvalue weighted by molar-refractivity contribution is 5.97. The Morgan fingerprint density at radius 3 is 2.36 bits per heavy atom. The Bertz CT molecular complexity index is 1870. The maximum Gasteiger partial charge on any atom is 0.200 e. The molecule has 0 spiro atoms. The minimum Gasteiger partial charge on any atom is -0.496 e. The number of hydrogen-bond donors (Lipinski definition) is 0. The fraction of sp³-hybridized carbons (Fsp3) is 0.188. The molecular weight excluding hydrogens is 492 g/mol. The topological polar surface area (TPSA) is 73.9 Å². The summed E-state index contributed by atoms with van der Waals surface area (Å²) < 4.78 is 19.8. The quantitative estimate of drug-likeness (QED) is 0.305. The van der Waals surface area contributed by atoms with Crippen LogP contribution in [0.25, 0.3) is 44.5 Å². The normalized spacial score (nSPS) is 14.0. The molecule has 0 radical (unpaired) electrons. The molecule has 2 aromatic heterocycles. The summed E-state index contributed by atoms with van der Waals surface area (Å²) in [6, 6.07) is 20.3. The van der Waals surface area contributed by atoms with Gasteiger partial charge in [-0.25, -0.2) is 0 Å². The van der Waals surface area contributed by atoms with Crippen LogP contribution >= 0.6 is 0 Å². The van der Waals surface area contributed by atoms with Gasteiger partial charge in [0.05, 0.1) is 30.9 Å². The van der Waals surface area contributed by atoms with E-state index in [2.05, 4.69) is 18.0 Å². The number of likely N-dealkylation sites (N-methyl/N-ethyl adjacent to an activating group) is 1. The highest BCUT2D eigenvalue weighted by Crippen LogP contribution is 2.41. The highest BCUT2D eigenvalue weighted by Gasteiger charge is 2.24. The van der Waals surface area contributed by atoms with E-state index in [1.54, 1.807) is 25.4 Å². The molecule has 196 valence electrons. The van der Waals surface area contributed by atoms with Gasteiger partial charge in [-0.15, -0.1) is 0 Å². The number of ether oxygens (including phenoxy) is 2. The molecular formula is C32H28N2O5. The standard InChI is InChI=1S/C32H28N2O5/c1-33-15-13-20(14-16-33)29-27(37-2)18-28(38-3)30-25(35)17-26(39-32(29)30)23-19-34(21-9-5-4-6-10-21)24-12-8-7-11-22(24)31(23)36/h4-13,17-19H,14-16H2,1-3H3. The number of rotatable bonds is 5. The van der Waals surface area contributed by atoms with Gasteiger partial charge in [-0.3, -0.25) is 9.59 Å². The maximum atomic E-state index is 13.8. The number of pyridine rings is 1. The molecule has 0 saturated carbocycles. The Morgan fingerprint density at radius 1 is 0.897 bits per heavy atom. The van der Waals surface area contributed by atoms with Crippen molar-refractivity contribution in [1.82, 2.24) is 9.47 Å².